The number of halogens is 1. The molecule has 23 heavy (non-hydrogen) atoms. The summed E-state index contributed by atoms with van der Waals surface area (Å²) in [5, 5.41) is 7.78. The number of hydrogen-bond acceptors (Lipinski definition) is 3. The SMILES string of the molecule is Cc1nn(CC(C)C)c(C)c1CC(=O)NC1(CN)CCCC1.Cl. The predicted molar refractivity (Wildman–Crippen MR) is 95.9 cm³/mol. The fraction of sp³-hybridized carbons (Fsp3) is 0.765. The van der Waals surface area contributed by atoms with Crippen molar-refractivity contribution in [2.75, 3.05) is 6.54 Å². The standard InChI is InChI=1S/C17H30N4O.ClH/c1-12(2)10-21-14(4)15(13(3)20-21)9-16(22)19-17(11-18)7-5-6-8-17;/h12H,5-11,18H2,1-4H3,(H,19,22);1H. The lowest BCUT2D eigenvalue weighted by Crippen LogP contribution is -2.52. The van der Waals surface area contributed by atoms with Crippen molar-refractivity contribution in [2.45, 2.75) is 71.9 Å². The Kier molecular flexibility index (Phi) is 7.08. The molecule has 1 aliphatic rings. The third-order valence-corrected chi connectivity index (χ3v) is 4.76. The van der Waals surface area contributed by atoms with Crippen molar-refractivity contribution >= 4 is 18.3 Å². The maximum absolute atomic E-state index is 12.5. The monoisotopic (exact) mass is 342 g/mol. The third kappa shape index (κ3) is 4.70. The van der Waals surface area contributed by atoms with Crippen molar-refractivity contribution in [1.82, 2.24) is 15.1 Å². The highest BCUT2D eigenvalue weighted by Crippen LogP contribution is 2.28. The lowest BCUT2D eigenvalue weighted by molar-refractivity contribution is -0.122. The minimum Gasteiger partial charge on any atom is -0.349 e. The number of aryl methyl sites for hydroxylation is 1. The molecule has 0 spiro atoms. The van der Waals surface area contributed by atoms with Crippen molar-refractivity contribution in [3.8, 4) is 0 Å². The largest absolute Gasteiger partial charge is 0.349 e. The first-order valence-corrected chi connectivity index (χ1v) is 8.41. The molecule has 6 heteroatoms. The molecule has 0 aliphatic heterocycles. The van der Waals surface area contributed by atoms with Crippen LogP contribution in [0.15, 0.2) is 0 Å². The van der Waals surface area contributed by atoms with Gasteiger partial charge >= 0.3 is 0 Å². The quantitative estimate of drug-likeness (QED) is 0.834. The van der Waals surface area contributed by atoms with Gasteiger partial charge in [0, 0.05) is 24.3 Å². The van der Waals surface area contributed by atoms with Crippen molar-refractivity contribution in [1.29, 1.82) is 0 Å². The van der Waals surface area contributed by atoms with Crippen LogP contribution in [0.1, 0.15) is 56.5 Å². The summed E-state index contributed by atoms with van der Waals surface area (Å²) in [5.74, 6) is 0.612. The second-order valence-electron chi connectivity index (χ2n) is 7.14. The molecular weight excluding hydrogens is 312 g/mol. The zero-order valence-electron chi connectivity index (χ0n) is 14.8. The summed E-state index contributed by atoms with van der Waals surface area (Å²) in [4.78, 5) is 12.5. The van der Waals surface area contributed by atoms with E-state index in [1.165, 1.54) is 0 Å². The van der Waals surface area contributed by atoms with Gasteiger partial charge in [0.2, 0.25) is 5.91 Å². The van der Waals surface area contributed by atoms with Gasteiger partial charge in [-0.05, 0) is 32.6 Å². The fourth-order valence-electron chi connectivity index (χ4n) is 3.45. The smallest absolute Gasteiger partial charge is 0.225 e. The first kappa shape index (κ1) is 20.0. The molecule has 0 saturated heterocycles. The summed E-state index contributed by atoms with van der Waals surface area (Å²) in [6.07, 6.45) is 4.71. The van der Waals surface area contributed by atoms with Gasteiger partial charge in [0.1, 0.15) is 0 Å². The van der Waals surface area contributed by atoms with E-state index in [9.17, 15) is 4.79 Å². The van der Waals surface area contributed by atoms with E-state index in [-0.39, 0.29) is 23.9 Å². The highest BCUT2D eigenvalue weighted by molar-refractivity contribution is 5.85. The zero-order valence-corrected chi connectivity index (χ0v) is 15.6. The van der Waals surface area contributed by atoms with Crippen LogP contribution >= 0.6 is 12.4 Å². The number of amides is 1. The van der Waals surface area contributed by atoms with E-state index in [1.54, 1.807) is 0 Å². The summed E-state index contributed by atoms with van der Waals surface area (Å²) < 4.78 is 2.02. The van der Waals surface area contributed by atoms with Crippen molar-refractivity contribution < 1.29 is 4.79 Å². The van der Waals surface area contributed by atoms with Crippen molar-refractivity contribution in [3.05, 3.63) is 17.0 Å². The Bertz CT molecular complexity index is 533. The molecule has 5 nitrogen and oxygen atoms in total. The molecule has 3 N–H and O–H groups in total. The number of nitrogens with zero attached hydrogens (tertiary/aromatic N) is 2. The number of nitrogens with one attached hydrogen (secondary N) is 1. The molecule has 1 amide bonds. The minimum atomic E-state index is -0.174. The van der Waals surface area contributed by atoms with Gasteiger partial charge in [-0.1, -0.05) is 26.7 Å². The van der Waals surface area contributed by atoms with E-state index >= 15 is 0 Å². The lowest BCUT2D eigenvalue weighted by atomic mass is 9.97. The van der Waals surface area contributed by atoms with Crippen LogP contribution in [0.3, 0.4) is 0 Å². The molecule has 0 aromatic carbocycles. The van der Waals surface area contributed by atoms with Gasteiger partial charge in [0.25, 0.3) is 0 Å². The molecule has 0 radical (unpaired) electrons. The van der Waals surface area contributed by atoms with Crippen LogP contribution in [0.4, 0.5) is 0 Å². The number of rotatable bonds is 6. The Morgan fingerprint density at radius 1 is 1.35 bits per heavy atom. The van der Waals surface area contributed by atoms with Gasteiger partial charge in [0.05, 0.1) is 17.7 Å². The fourth-order valence-corrected chi connectivity index (χ4v) is 3.45. The Balaban J connectivity index is 0.00000264. The molecule has 1 saturated carbocycles. The molecule has 0 bridgehead atoms. The predicted octanol–water partition coefficient (Wildman–Crippen LogP) is 2.51. The van der Waals surface area contributed by atoms with E-state index < -0.39 is 0 Å². The van der Waals surface area contributed by atoms with Gasteiger partial charge < -0.3 is 11.1 Å². The second-order valence-corrected chi connectivity index (χ2v) is 7.14. The van der Waals surface area contributed by atoms with Crippen LogP contribution in [0.25, 0.3) is 0 Å². The number of hydrogen-bond donors (Lipinski definition) is 2. The summed E-state index contributed by atoms with van der Waals surface area (Å²) in [6, 6.07) is 0. The molecule has 1 fully saturated rings. The van der Waals surface area contributed by atoms with Gasteiger partial charge in [-0.15, -0.1) is 12.4 Å². The Labute approximate surface area is 145 Å². The summed E-state index contributed by atoms with van der Waals surface area (Å²) >= 11 is 0. The average molecular weight is 343 g/mol. The van der Waals surface area contributed by atoms with E-state index in [2.05, 4.69) is 31.2 Å². The number of carbonyl (C=O) groups is 1. The van der Waals surface area contributed by atoms with Crippen LogP contribution in [0.2, 0.25) is 0 Å². The van der Waals surface area contributed by atoms with E-state index in [4.69, 9.17) is 5.73 Å². The first-order valence-electron chi connectivity index (χ1n) is 8.41. The minimum absolute atomic E-state index is 0. The van der Waals surface area contributed by atoms with Crippen molar-refractivity contribution in [3.63, 3.8) is 0 Å². The Morgan fingerprint density at radius 2 is 1.96 bits per heavy atom. The lowest BCUT2D eigenvalue weighted by Gasteiger charge is -2.28. The van der Waals surface area contributed by atoms with E-state index in [0.717, 1.165) is 49.2 Å². The second kappa shape index (κ2) is 8.15. The molecule has 1 aromatic heterocycles. The molecule has 0 unspecified atom stereocenters. The first-order chi connectivity index (χ1) is 10.4. The molecule has 1 heterocycles. The van der Waals surface area contributed by atoms with Gasteiger partial charge in [-0.25, -0.2) is 0 Å². The van der Waals surface area contributed by atoms with Gasteiger partial charge in [-0.3, -0.25) is 9.48 Å². The zero-order chi connectivity index (χ0) is 16.3. The van der Waals surface area contributed by atoms with Crippen LogP contribution in [-0.2, 0) is 17.8 Å². The Morgan fingerprint density at radius 3 is 2.48 bits per heavy atom. The van der Waals surface area contributed by atoms with Gasteiger partial charge in [0.15, 0.2) is 0 Å². The highest BCUT2D eigenvalue weighted by Gasteiger charge is 2.34. The van der Waals surface area contributed by atoms with Crippen LogP contribution in [0.5, 0.6) is 0 Å². The number of carbonyl (C=O) groups excluding carboxylic acids is 1. The maximum Gasteiger partial charge on any atom is 0.225 e. The average Bonchev–Trinajstić information content (AvgIpc) is 3.00. The highest BCUT2D eigenvalue weighted by atomic mass is 35.5. The molecule has 0 atom stereocenters. The number of aromatic nitrogens is 2. The van der Waals surface area contributed by atoms with Crippen LogP contribution in [-0.4, -0.2) is 27.8 Å². The summed E-state index contributed by atoms with van der Waals surface area (Å²) in [6.45, 7) is 9.81. The topological polar surface area (TPSA) is 72.9 Å². The van der Waals surface area contributed by atoms with Crippen LogP contribution < -0.4 is 11.1 Å². The molecule has 1 aromatic rings. The maximum atomic E-state index is 12.5. The molecule has 2 rings (SSSR count). The van der Waals surface area contributed by atoms with Gasteiger partial charge in [-0.2, -0.15) is 5.10 Å². The molecule has 1 aliphatic carbocycles. The van der Waals surface area contributed by atoms with E-state index in [0.29, 0.717) is 18.9 Å². The van der Waals surface area contributed by atoms with Crippen molar-refractivity contribution in [2.24, 2.45) is 11.7 Å². The normalized spacial score (nSPS) is 16.4. The Hall–Kier alpha value is -1.07. The third-order valence-electron chi connectivity index (χ3n) is 4.76. The molecule has 132 valence electrons. The van der Waals surface area contributed by atoms with E-state index in [1.807, 2.05) is 11.6 Å². The summed E-state index contributed by atoms with van der Waals surface area (Å²) in [5.41, 5.74) is 8.85. The van der Waals surface area contributed by atoms with Crippen LogP contribution in [0, 0.1) is 19.8 Å². The number of nitrogens with two attached hydrogens (primary N) is 1. The molecular formula is C17H31ClN4O. The summed E-state index contributed by atoms with van der Waals surface area (Å²) in [7, 11) is 0.